The van der Waals surface area contributed by atoms with Crippen LogP contribution in [0.4, 0.5) is 0 Å². The molecule has 0 saturated carbocycles. The fraction of sp³-hybridized carbons (Fsp3) is 0.576. The SMILES string of the molecule is CC(C)C(NC(=O)C(NC(=O)C(NC(=O)C(CCCN=C(N)N)NC(=O)CN)C(C)O)C(C)O)C(=O)NC(Cc1ccccc1)C(=O)NC(CO)C(=O)O. The molecule has 0 bridgehead atoms. The highest BCUT2D eigenvalue weighted by molar-refractivity contribution is 5.97. The summed E-state index contributed by atoms with van der Waals surface area (Å²) in [5, 5.41) is 53.7. The Balaban J connectivity index is 3.21. The van der Waals surface area contributed by atoms with E-state index in [1.165, 1.54) is 13.8 Å². The summed E-state index contributed by atoms with van der Waals surface area (Å²) < 4.78 is 0. The second-order valence-electron chi connectivity index (χ2n) is 12.8. The molecule has 8 atom stereocenters. The van der Waals surface area contributed by atoms with Crippen molar-refractivity contribution in [3.63, 3.8) is 0 Å². The number of aliphatic carboxylic acids is 1. The van der Waals surface area contributed by atoms with Gasteiger partial charge in [-0.1, -0.05) is 44.2 Å². The van der Waals surface area contributed by atoms with Gasteiger partial charge in [-0.15, -0.1) is 0 Å². The third-order valence-corrected chi connectivity index (χ3v) is 7.87. The first-order valence-corrected chi connectivity index (χ1v) is 17.1. The van der Waals surface area contributed by atoms with Crippen LogP contribution in [0, 0.1) is 5.92 Å². The Kier molecular flexibility index (Phi) is 20.1. The average molecular weight is 767 g/mol. The maximum absolute atomic E-state index is 13.6. The molecule has 16 N–H and O–H groups in total. The first kappa shape index (κ1) is 46.6. The number of guanidine groups is 1. The highest BCUT2D eigenvalue weighted by atomic mass is 16.4. The van der Waals surface area contributed by atoms with E-state index in [2.05, 4.69) is 36.9 Å². The lowest BCUT2D eigenvalue weighted by Gasteiger charge is -2.30. The Labute approximate surface area is 312 Å². The summed E-state index contributed by atoms with van der Waals surface area (Å²) in [6, 6.07) is -0.624. The van der Waals surface area contributed by atoms with Gasteiger partial charge in [0, 0.05) is 13.0 Å². The van der Waals surface area contributed by atoms with Crippen molar-refractivity contribution in [2.45, 2.75) is 95.4 Å². The zero-order valence-corrected chi connectivity index (χ0v) is 30.7. The minimum absolute atomic E-state index is 0.00923. The molecule has 6 amide bonds. The quantitative estimate of drug-likeness (QED) is 0.0281. The molecule has 21 nitrogen and oxygen atoms in total. The number of carboxylic acids is 1. The van der Waals surface area contributed by atoms with Gasteiger partial charge in [0.15, 0.2) is 5.96 Å². The van der Waals surface area contributed by atoms with Crippen molar-refractivity contribution in [1.82, 2.24) is 31.9 Å². The molecule has 0 saturated heterocycles. The molecule has 0 heterocycles. The van der Waals surface area contributed by atoms with Crippen molar-refractivity contribution < 1.29 is 54.0 Å². The summed E-state index contributed by atoms with van der Waals surface area (Å²) in [5.74, 6) is -7.87. The third-order valence-electron chi connectivity index (χ3n) is 7.87. The van der Waals surface area contributed by atoms with E-state index in [0.29, 0.717) is 5.56 Å². The predicted molar refractivity (Wildman–Crippen MR) is 194 cm³/mol. The number of amides is 6. The number of carboxylic acid groups (broad SMARTS) is 1. The summed E-state index contributed by atoms with van der Waals surface area (Å²) in [7, 11) is 0. The predicted octanol–water partition coefficient (Wildman–Crippen LogP) is -5.36. The topological polar surface area (TPSA) is 363 Å². The van der Waals surface area contributed by atoms with Gasteiger partial charge in [-0.3, -0.25) is 33.8 Å². The van der Waals surface area contributed by atoms with Crippen molar-refractivity contribution in [1.29, 1.82) is 0 Å². The second kappa shape index (κ2) is 23.3. The Bertz CT molecular complexity index is 1460. The van der Waals surface area contributed by atoms with E-state index in [0.717, 1.165) is 0 Å². The number of hydrogen-bond acceptors (Lipinski definition) is 12. The number of carbonyl (C=O) groups is 7. The fourth-order valence-corrected chi connectivity index (χ4v) is 4.89. The lowest BCUT2D eigenvalue weighted by molar-refractivity contribution is -0.143. The summed E-state index contributed by atoms with van der Waals surface area (Å²) in [5.41, 5.74) is 16.6. The fourth-order valence-electron chi connectivity index (χ4n) is 4.89. The lowest BCUT2D eigenvalue weighted by atomic mass is 10.00. The molecule has 302 valence electrons. The summed E-state index contributed by atoms with van der Waals surface area (Å²) in [6.07, 6.45) is -2.99. The van der Waals surface area contributed by atoms with Crippen LogP contribution < -0.4 is 49.1 Å². The van der Waals surface area contributed by atoms with Gasteiger partial charge in [0.1, 0.15) is 36.3 Å². The Hall–Kier alpha value is -5.38. The molecular weight excluding hydrogens is 712 g/mol. The van der Waals surface area contributed by atoms with Crippen molar-refractivity contribution in [2.24, 2.45) is 28.1 Å². The summed E-state index contributed by atoms with van der Waals surface area (Å²) >= 11 is 0. The first-order valence-electron chi connectivity index (χ1n) is 17.1. The van der Waals surface area contributed by atoms with Crippen LogP contribution in [0.2, 0.25) is 0 Å². The molecular formula is C33H54N10O11. The standard InChI is InChI=1S/C33H54N10O11/c1-16(2)24(29(50)39-21(13-19-9-6-5-7-10-19)28(49)40-22(15-44)32(53)54)41-30(51)26(18(4)46)43-31(52)25(17(3)45)42-27(48)20(38-23(47)14-34)11-8-12-37-33(35)36/h5-7,9-10,16-18,20-22,24-26,44-46H,8,11-15,34H2,1-4H3,(H,38,47)(H,39,50)(H,40,49)(H,41,51)(H,42,48)(H,43,52)(H,53,54)(H4,35,36,37). The largest absolute Gasteiger partial charge is 0.480 e. The Morgan fingerprint density at radius 3 is 1.63 bits per heavy atom. The van der Waals surface area contributed by atoms with Crippen LogP contribution in [0.25, 0.3) is 0 Å². The van der Waals surface area contributed by atoms with Crippen molar-refractivity contribution in [3.8, 4) is 0 Å². The molecule has 1 aromatic carbocycles. The van der Waals surface area contributed by atoms with E-state index in [-0.39, 0.29) is 31.8 Å². The van der Waals surface area contributed by atoms with Crippen LogP contribution in [0.5, 0.6) is 0 Å². The number of benzene rings is 1. The molecule has 0 spiro atoms. The summed E-state index contributed by atoms with van der Waals surface area (Å²) in [4.78, 5) is 94.0. The van der Waals surface area contributed by atoms with E-state index >= 15 is 0 Å². The number of rotatable bonds is 23. The smallest absolute Gasteiger partial charge is 0.328 e. The van der Waals surface area contributed by atoms with Crippen LogP contribution in [-0.4, -0.2) is 136 Å². The van der Waals surface area contributed by atoms with Gasteiger partial charge in [0.25, 0.3) is 0 Å². The van der Waals surface area contributed by atoms with E-state index < -0.39 is 109 Å². The summed E-state index contributed by atoms with van der Waals surface area (Å²) in [6.45, 7) is 4.21. The van der Waals surface area contributed by atoms with Gasteiger partial charge in [-0.05, 0) is 38.2 Å². The Morgan fingerprint density at radius 2 is 1.17 bits per heavy atom. The second-order valence-corrected chi connectivity index (χ2v) is 12.8. The number of carbonyl (C=O) groups excluding carboxylic acids is 6. The Morgan fingerprint density at radius 1 is 0.685 bits per heavy atom. The molecule has 8 unspecified atom stereocenters. The maximum Gasteiger partial charge on any atom is 0.328 e. The minimum Gasteiger partial charge on any atom is -0.480 e. The van der Waals surface area contributed by atoms with Crippen LogP contribution >= 0.6 is 0 Å². The van der Waals surface area contributed by atoms with E-state index in [4.69, 9.17) is 17.2 Å². The molecule has 0 aromatic heterocycles. The third kappa shape index (κ3) is 16.1. The number of hydrogen-bond donors (Lipinski definition) is 13. The van der Waals surface area contributed by atoms with Gasteiger partial charge < -0.3 is 69.5 Å². The molecule has 0 aliphatic rings. The number of nitrogens with one attached hydrogen (secondary N) is 6. The van der Waals surface area contributed by atoms with Gasteiger partial charge in [0.2, 0.25) is 35.4 Å². The van der Waals surface area contributed by atoms with Crippen molar-refractivity contribution in [3.05, 3.63) is 35.9 Å². The number of aliphatic hydroxyl groups excluding tert-OH is 3. The van der Waals surface area contributed by atoms with Gasteiger partial charge >= 0.3 is 5.97 Å². The van der Waals surface area contributed by atoms with Gasteiger partial charge in [0.05, 0.1) is 25.4 Å². The number of nitrogens with zero attached hydrogens (tertiary/aromatic N) is 1. The molecule has 1 aromatic rings. The molecule has 1 rings (SSSR count). The zero-order valence-electron chi connectivity index (χ0n) is 30.7. The highest BCUT2D eigenvalue weighted by Crippen LogP contribution is 2.09. The average Bonchev–Trinajstić information content (AvgIpc) is 3.10. The van der Waals surface area contributed by atoms with E-state index in [1.807, 2.05) is 0 Å². The lowest BCUT2D eigenvalue weighted by Crippen LogP contribution is -2.63. The molecule has 21 heteroatoms. The van der Waals surface area contributed by atoms with E-state index in [9.17, 15) is 54.0 Å². The maximum atomic E-state index is 13.6. The molecule has 0 radical (unpaired) electrons. The normalized spacial score (nSPS) is 15.4. The zero-order chi connectivity index (χ0) is 41.1. The monoisotopic (exact) mass is 766 g/mol. The van der Waals surface area contributed by atoms with Gasteiger partial charge in [-0.2, -0.15) is 0 Å². The molecule has 0 fully saturated rings. The van der Waals surface area contributed by atoms with E-state index in [1.54, 1.807) is 44.2 Å². The molecule has 0 aliphatic carbocycles. The van der Waals surface area contributed by atoms with Crippen LogP contribution in [0.1, 0.15) is 46.1 Å². The molecule has 0 aliphatic heterocycles. The van der Waals surface area contributed by atoms with Crippen LogP contribution in [0.3, 0.4) is 0 Å². The number of nitrogens with two attached hydrogens (primary N) is 3. The van der Waals surface area contributed by atoms with Crippen molar-refractivity contribution >= 4 is 47.4 Å². The number of aliphatic hydroxyl groups is 3. The molecule has 54 heavy (non-hydrogen) atoms. The highest BCUT2D eigenvalue weighted by Gasteiger charge is 2.36. The van der Waals surface area contributed by atoms with Crippen LogP contribution in [-0.2, 0) is 40.0 Å². The first-order chi connectivity index (χ1) is 25.3. The number of aliphatic imine (C=N–C) groups is 1. The minimum atomic E-state index is -1.73. The van der Waals surface area contributed by atoms with Crippen molar-refractivity contribution in [2.75, 3.05) is 19.7 Å². The van der Waals surface area contributed by atoms with Crippen LogP contribution in [0.15, 0.2) is 35.3 Å². The van der Waals surface area contributed by atoms with Gasteiger partial charge in [-0.25, -0.2) is 4.79 Å².